The minimum absolute atomic E-state index is 0.0103. The van der Waals surface area contributed by atoms with Crippen molar-refractivity contribution in [2.75, 3.05) is 0 Å². The number of ketones is 1. The van der Waals surface area contributed by atoms with E-state index in [4.69, 9.17) is 0 Å². The molecule has 0 aliphatic heterocycles. The van der Waals surface area contributed by atoms with Crippen LogP contribution in [0.2, 0.25) is 0 Å². The first-order valence-corrected chi connectivity index (χ1v) is 6.85. The first-order valence-electron chi connectivity index (χ1n) is 6.05. The van der Waals surface area contributed by atoms with Crippen LogP contribution in [0.3, 0.4) is 0 Å². The molecule has 0 N–H and O–H groups in total. The summed E-state index contributed by atoms with van der Waals surface area (Å²) >= 11 is 3.95. The SMILES string of the molecule is O=C1c2ccccc2[C@]2(Br)[C@H]3CC[C@@H](C3)[C@@H]12. The molecule has 0 spiro atoms. The highest BCUT2D eigenvalue weighted by atomic mass is 79.9. The second-order valence-corrected chi connectivity index (χ2v) is 6.74. The number of benzene rings is 1. The van der Waals surface area contributed by atoms with E-state index in [2.05, 4.69) is 28.1 Å². The van der Waals surface area contributed by atoms with E-state index in [1.165, 1.54) is 24.8 Å². The normalized spacial score (nSPS) is 43.6. The number of hydrogen-bond donors (Lipinski definition) is 0. The van der Waals surface area contributed by atoms with Gasteiger partial charge in [-0.25, -0.2) is 0 Å². The monoisotopic (exact) mass is 276 g/mol. The van der Waals surface area contributed by atoms with Crippen molar-refractivity contribution in [3.05, 3.63) is 35.4 Å². The van der Waals surface area contributed by atoms with Gasteiger partial charge in [0.2, 0.25) is 0 Å². The van der Waals surface area contributed by atoms with Crippen molar-refractivity contribution in [3.8, 4) is 0 Å². The Bertz CT molecular complexity index is 495. The average Bonchev–Trinajstić information content (AvgIpc) is 2.92. The number of Topliss-reactive ketones (excluding diaryl/α,β-unsaturated/α-hetero) is 1. The number of hydrogen-bond acceptors (Lipinski definition) is 1. The second-order valence-electron chi connectivity index (χ2n) is 5.43. The molecule has 0 unspecified atom stereocenters. The molecule has 4 rings (SSSR count). The van der Waals surface area contributed by atoms with E-state index in [0.717, 1.165) is 5.56 Å². The van der Waals surface area contributed by atoms with Gasteiger partial charge in [-0.1, -0.05) is 40.2 Å². The third kappa shape index (κ3) is 0.839. The molecule has 1 nitrogen and oxygen atoms in total. The van der Waals surface area contributed by atoms with Crippen molar-refractivity contribution in [2.45, 2.75) is 23.6 Å². The standard InChI is InChI=1S/C14H13BrO/c15-14-9-6-5-8(7-9)12(14)13(16)10-3-1-2-4-11(10)14/h1-4,8-9,12H,5-7H2/t8-,9-,12-,14+/m0/s1. The van der Waals surface area contributed by atoms with Gasteiger partial charge in [0.1, 0.15) is 0 Å². The fourth-order valence-electron chi connectivity index (χ4n) is 4.29. The number of carbonyl (C=O) groups excluding carboxylic acids is 1. The molecule has 0 amide bonds. The topological polar surface area (TPSA) is 17.1 Å². The fraction of sp³-hybridized carbons (Fsp3) is 0.500. The summed E-state index contributed by atoms with van der Waals surface area (Å²) in [7, 11) is 0. The molecule has 2 bridgehead atoms. The summed E-state index contributed by atoms with van der Waals surface area (Å²) in [6.45, 7) is 0. The van der Waals surface area contributed by atoms with E-state index in [9.17, 15) is 4.79 Å². The summed E-state index contributed by atoms with van der Waals surface area (Å²) in [5, 5.41) is 0. The summed E-state index contributed by atoms with van der Waals surface area (Å²) in [6.07, 6.45) is 3.78. The molecule has 2 fully saturated rings. The first kappa shape index (κ1) is 9.41. The Kier molecular flexibility index (Phi) is 1.64. The number of fused-ring (bicyclic) bond motifs is 7. The van der Waals surface area contributed by atoms with E-state index in [1.54, 1.807) is 0 Å². The van der Waals surface area contributed by atoms with Crippen molar-refractivity contribution in [3.63, 3.8) is 0 Å². The lowest BCUT2D eigenvalue weighted by Crippen LogP contribution is -2.33. The molecule has 3 aliphatic rings. The number of rotatable bonds is 0. The van der Waals surface area contributed by atoms with Crippen LogP contribution in [0, 0.1) is 17.8 Å². The van der Waals surface area contributed by atoms with Crippen LogP contribution in [-0.4, -0.2) is 5.78 Å². The molecule has 0 heterocycles. The van der Waals surface area contributed by atoms with Crippen molar-refractivity contribution >= 4 is 21.7 Å². The number of carbonyl (C=O) groups is 1. The lowest BCUT2D eigenvalue weighted by molar-refractivity contribution is 0.0873. The lowest BCUT2D eigenvalue weighted by Gasteiger charge is -2.33. The Morgan fingerprint density at radius 3 is 2.94 bits per heavy atom. The van der Waals surface area contributed by atoms with Gasteiger partial charge < -0.3 is 0 Å². The van der Waals surface area contributed by atoms with Crippen molar-refractivity contribution in [1.29, 1.82) is 0 Å². The minimum Gasteiger partial charge on any atom is -0.294 e. The van der Waals surface area contributed by atoms with Gasteiger partial charge in [0.15, 0.2) is 5.78 Å². The highest BCUT2D eigenvalue weighted by molar-refractivity contribution is 9.09. The Hall–Kier alpha value is -0.630. The van der Waals surface area contributed by atoms with Crippen LogP contribution in [-0.2, 0) is 4.32 Å². The van der Waals surface area contributed by atoms with Crippen LogP contribution < -0.4 is 0 Å². The molecule has 16 heavy (non-hydrogen) atoms. The lowest BCUT2D eigenvalue weighted by atomic mass is 9.79. The maximum absolute atomic E-state index is 12.4. The quantitative estimate of drug-likeness (QED) is 0.663. The van der Waals surface area contributed by atoms with E-state index in [0.29, 0.717) is 17.6 Å². The average molecular weight is 277 g/mol. The van der Waals surface area contributed by atoms with Gasteiger partial charge in [0, 0.05) is 11.5 Å². The molecule has 82 valence electrons. The molecular weight excluding hydrogens is 264 g/mol. The van der Waals surface area contributed by atoms with Crippen molar-refractivity contribution in [1.82, 2.24) is 0 Å². The molecule has 3 aliphatic carbocycles. The van der Waals surface area contributed by atoms with Gasteiger partial charge in [-0.05, 0) is 36.7 Å². The van der Waals surface area contributed by atoms with Crippen molar-refractivity contribution < 1.29 is 4.79 Å². The molecule has 1 aromatic carbocycles. The number of halogens is 1. The second kappa shape index (κ2) is 2.79. The summed E-state index contributed by atoms with van der Waals surface area (Å²) in [5.41, 5.74) is 2.23. The largest absolute Gasteiger partial charge is 0.294 e. The summed E-state index contributed by atoms with van der Waals surface area (Å²) < 4.78 is -0.0103. The fourth-order valence-corrected chi connectivity index (χ4v) is 5.63. The Morgan fingerprint density at radius 2 is 2.06 bits per heavy atom. The van der Waals surface area contributed by atoms with E-state index in [1.807, 2.05) is 12.1 Å². The molecule has 0 aromatic heterocycles. The van der Waals surface area contributed by atoms with E-state index in [-0.39, 0.29) is 10.2 Å². The highest BCUT2D eigenvalue weighted by Crippen LogP contribution is 2.67. The zero-order valence-corrected chi connectivity index (χ0v) is 10.5. The van der Waals surface area contributed by atoms with Crippen molar-refractivity contribution in [2.24, 2.45) is 17.8 Å². The van der Waals surface area contributed by atoms with E-state index >= 15 is 0 Å². The summed E-state index contributed by atoms with van der Waals surface area (Å²) in [6, 6.07) is 8.18. The third-order valence-electron chi connectivity index (χ3n) is 4.88. The summed E-state index contributed by atoms with van der Waals surface area (Å²) in [5.74, 6) is 1.92. The zero-order valence-electron chi connectivity index (χ0n) is 8.95. The van der Waals surface area contributed by atoms with Gasteiger partial charge in [-0.3, -0.25) is 4.79 Å². The molecule has 0 radical (unpaired) electrons. The summed E-state index contributed by atoms with van der Waals surface area (Å²) in [4.78, 5) is 12.4. The smallest absolute Gasteiger partial charge is 0.168 e. The molecule has 2 heteroatoms. The molecular formula is C14H13BrO. The Morgan fingerprint density at radius 1 is 1.25 bits per heavy atom. The number of alkyl halides is 1. The highest BCUT2D eigenvalue weighted by Gasteiger charge is 2.64. The van der Waals surface area contributed by atoms with Gasteiger partial charge in [0.05, 0.1) is 4.32 Å². The maximum Gasteiger partial charge on any atom is 0.168 e. The minimum atomic E-state index is -0.0103. The van der Waals surface area contributed by atoms with Crippen LogP contribution >= 0.6 is 15.9 Å². The van der Waals surface area contributed by atoms with Crippen LogP contribution in [0.4, 0.5) is 0 Å². The molecule has 4 atom stereocenters. The van der Waals surface area contributed by atoms with Gasteiger partial charge in [-0.15, -0.1) is 0 Å². The Balaban J connectivity index is 2.00. The van der Waals surface area contributed by atoms with Crippen LogP contribution in [0.5, 0.6) is 0 Å². The van der Waals surface area contributed by atoms with Crippen LogP contribution in [0.1, 0.15) is 35.2 Å². The van der Waals surface area contributed by atoms with Crippen LogP contribution in [0.15, 0.2) is 24.3 Å². The predicted octanol–water partition coefficient (Wildman–Crippen LogP) is 3.52. The Labute approximate surface area is 103 Å². The molecule has 2 saturated carbocycles. The van der Waals surface area contributed by atoms with E-state index < -0.39 is 0 Å². The predicted molar refractivity (Wildman–Crippen MR) is 65.7 cm³/mol. The van der Waals surface area contributed by atoms with Gasteiger partial charge >= 0.3 is 0 Å². The zero-order chi connectivity index (χ0) is 10.9. The van der Waals surface area contributed by atoms with Gasteiger partial charge in [0.25, 0.3) is 0 Å². The molecule has 1 aromatic rings. The van der Waals surface area contributed by atoms with Crippen LogP contribution in [0.25, 0.3) is 0 Å². The van der Waals surface area contributed by atoms with Gasteiger partial charge in [-0.2, -0.15) is 0 Å². The molecule has 0 saturated heterocycles. The first-order chi connectivity index (χ1) is 7.73. The maximum atomic E-state index is 12.4. The third-order valence-corrected chi connectivity index (χ3v) is 6.45.